The van der Waals surface area contributed by atoms with Crippen LogP contribution in [-0.2, 0) is 14.6 Å². The summed E-state index contributed by atoms with van der Waals surface area (Å²) in [5.74, 6) is -1.09. The topological polar surface area (TPSA) is 74.7 Å². The minimum Gasteiger partial charge on any atom is -0.480 e. The van der Waals surface area contributed by atoms with E-state index in [0.717, 1.165) is 6.26 Å². The van der Waals surface area contributed by atoms with Crippen LogP contribution in [0.15, 0.2) is 0 Å². The summed E-state index contributed by atoms with van der Waals surface area (Å²) in [6, 6.07) is 0. The maximum absolute atomic E-state index is 10.8. The van der Waals surface area contributed by atoms with Crippen molar-refractivity contribution >= 4 is 27.4 Å². The Labute approximate surface area is 88.6 Å². The van der Waals surface area contributed by atoms with Gasteiger partial charge in [-0.1, -0.05) is 0 Å². The molecule has 0 radical (unpaired) electrons. The molecule has 0 bridgehead atoms. The second-order valence-corrected chi connectivity index (χ2v) is 5.98. The number of alkyl halides is 1. The van der Waals surface area contributed by atoms with Gasteiger partial charge in [-0.15, -0.1) is 11.6 Å². The molecule has 5 nitrogen and oxygen atoms in total. The summed E-state index contributed by atoms with van der Waals surface area (Å²) in [7, 11) is -1.38. The zero-order chi connectivity index (χ0) is 11.4. The fourth-order valence-corrected chi connectivity index (χ4v) is 1.64. The molecule has 0 saturated heterocycles. The largest absolute Gasteiger partial charge is 0.480 e. The average molecular weight is 244 g/mol. The van der Waals surface area contributed by atoms with E-state index in [2.05, 4.69) is 0 Å². The Morgan fingerprint density at radius 2 is 2.07 bits per heavy atom. The highest BCUT2D eigenvalue weighted by Crippen LogP contribution is 1.99. The number of carboxylic acid groups (broad SMARTS) is 1. The summed E-state index contributed by atoms with van der Waals surface area (Å²) in [5.41, 5.74) is 0. The van der Waals surface area contributed by atoms with Crippen LogP contribution in [-0.4, -0.2) is 61.9 Å². The van der Waals surface area contributed by atoms with E-state index >= 15 is 0 Å². The lowest BCUT2D eigenvalue weighted by atomic mass is 10.4. The normalized spacial score (nSPS) is 14.3. The maximum atomic E-state index is 10.8. The van der Waals surface area contributed by atoms with Crippen LogP contribution in [0.2, 0.25) is 0 Å². The van der Waals surface area contributed by atoms with Gasteiger partial charge in [0.15, 0.2) is 0 Å². The van der Waals surface area contributed by atoms with E-state index in [1.54, 1.807) is 11.9 Å². The number of hydrogen-bond donors (Lipinski definition) is 1. The Kier molecular flexibility index (Phi) is 5.40. The van der Waals surface area contributed by atoms with E-state index in [1.807, 2.05) is 0 Å². The van der Waals surface area contributed by atoms with E-state index in [1.165, 1.54) is 0 Å². The first-order chi connectivity index (χ1) is 6.22. The van der Waals surface area contributed by atoms with Crippen molar-refractivity contribution in [1.82, 2.24) is 4.90 Å². The van der Waals surface area contributed by atoms with Crippen LogP contribution in [0, 0.1) is 0 Å². The molecule has 0 fully saturated rings. The molecule has 0 aliphatic rings. The fraction of sp³-hybridized carbons (Fsp3) is 0.857. The number of rotatable bonds is 6. The van der Waals surface area contributed by atoms with Gasteiger partial charge >= 0.3 is 5.97 Å². The molecule has 0 amide bonds. The molecule has 0 heterocycles. The zero-order valence-electron chi connectivity index (χ0n) is 8.10. The fourth-order valence-electron chi connectivity index (χ4n) is 0.765. The Bertz CT molecular complexity index is 290. The molecule has 14 heavy (non-hydrogen) atoms. The minimum atomic E-state index is -3.01. The van der Waals surface area contributed by atoms with Gasteiger partial charge in [0.2, 0.25) is 0 Å². The first-order valence-corrected chi connectivity index (χ1v) is 6.45. The summed E-state index contributed by atoms with van der Waals surface area (Å²) in [6.45, 7) is 0.418. The molecule has 1 N–H and O–H groups in total. The van der Waals surface area contributed by atoms with Crippen LogP contribution in [0.3, 0.4) is 0 Å². The highest BCUT2D eigenvalue weighted by molar-refractivity contribution is 7.90. The van der Waals surface area contributed by atoms with Gasteiger partial charge in [-0.05, 0) is 7.05 Å². The van der Waals surface area contributed by atoms with Crippen molar-refractivity contribution in [3.8, 4) is 0 Å². The van der Waals surface area contributed by atoms with E-state index in [4.69, 9.17) is 16.7 Å². The van der Waals surface area contributed by atoms with Crippen LogP contribution in [0.25, 0.3) is 0 Å². The molecule has 0 aromatic carbocycles. The van der Waals surface area contributed by atoms with Crippen LogP contribution >= 0.6 is 11.6 Å². The van der Waals surface area contributed by atoms with E-state index in [-0.39, 0.29) is 18.8 Å². The first kappa shape index (κ1) is 13.7. The second kappa shape index (κ2) is 5.53. The Hall–Kier alpha value is -0.330. The highest BCUT2D eigenvalue weighted by atomic mass is 35.5. The molecule has 0 aliphatic carbocycles. The van der Waals surface area contributed by atoms with Gasteiger partial charge in [-0.3, -0.25) is 4.79 Å². The predicted octanol–water partition coefficient (Wildman–Crippen LogP) is -0.345. The van der Waals surface area contributed by atoms with Crippen molar-refractivity contribution in [3.05, 3.63) is 0 Å². The SMILES string of the molecule is CN(CCS(C)(=O)=O)CC(Cl)C(=O)O. The van der Waals surface area contributed by atoms with Crippen molar-refractivity contribution in [3.63, 3.8) is 0 Å². The van der Waals surface area contributed by atoms with Gasteiger partial charge in [0, 0.05) is 19.3 Å². The van der Waals surface area contributed by atoms with Crippen LogP contribution < -0.4 is 0 Å². The molecule has 0 saturated carbocycles. The summed E-state index contributed by atoms with van der Waals surface area (Å²) in [6.07, 6.45) is 1.14. The molecule has 1 atom stereocenters. The summed E-state index contributed by atoms with van der Waals surface area (Å²) in [4.78, 5) is 11.9. The van der Waals surface area contributed by atoms with E-state index < -0.39 is 21.2 Å². The van der Waals surface area contributed by atoms with E-state index in [9.17, 15) is 13.2 Å². The van der Waals surface area contributed by atoms with Gasteiger partial charge in [-0.2, -0.15) is 0 Å². The van der Waals surface area contributed by atoms with Gasteiger partial charge in [0.1, 0.15) is 15.2 Å². The number of hydrogen-bond acceptors (Lipinski definition) is 4. The molecule has 7 heteroatoms. The smallest absolute Gasteiger partial charge is 0.322 e. The van der Waals surface area contributed by atoms with Crippen molar-refractivity contribution in [2.24, 2.45) is 0 Å². The molecular weight excluding hydrogens is 230 g/mol. The lowest BCUT2D eigenvalue weighted by Crippen LogP contribution is -2.34. The predicted molar refractivity (Wildman–Crippen MR) is 54.5 cm³/mol. The molecule has 0 aromatic heterocycles. The molecule has 1 unspecified atom stereocenters. The number of nitrogens with zero attached hydrogens (tertiary/aromatic N) is 1. The Morgan fingerprint density at radius 3 is 2.43 bits per heavy atom. The number of aliphatic carboxylic acids is 1. The van der Waals surface area contributed by atoms with Gasteiger partial charge in [0.25, 0.3) is 0 Å². The standard InChI is InChI=1S/C7H14ClNO4S/c1-9(3-4-14(2,12)13)5-6(8)7(10)11/h6H,3-5H2,1-2H3,(H,10,11). The lowest BCUT2D eigenvalue weighted by Gasteiger charge is -2.16. The third-order valence-corrected chi connectivity index (χ3v) is 2.83. The zero-order valence-corrected chi connectivity index (χ0v) is 9.68. The second-order valence-electron chi connectivity index (χ2n) is 3.20. The molecule has 84 valence electrons. The van der Waals surface area contributed by atoms with Crippen molar-refractivity contribution in [1.29, 1.82) is 0 Å². The number of halogens is 1. The third kappa shape index (κ3) is 7.11. The summed E-state index contributed by atoms with van der Waals surface area (Å²) >= 11 is 5.47. The Balaban J connectivity index is 3.88. The average Bonchev–Trinajstić information content (AvgIpc) is 1.99. The lowest BCUT2D eigenvalue weighted by molar-refractivity contribution is -0.136. The van der Waals surface area contributed by atoms with Crippen molar-refractivity contribution in [2.45, 2.75) is 5.38 Å². The number of carbonyl (C=O) groups is 1. The number of sulfone groups is 1. The minimum absolute atomic E-state index is 0.00667. The Morgan fingerprint density at radius 1 is 1.57 bits per heavy atom. The summed E-state index contributed by atoms with van der Waals surface area (Å²) < 4.78 is 21.6. The van der Waals surface area contributed by atoms with Crippen LogP contribution in [0.1, 0.15) is 0 Å². The molecule has 0 aromatic rings. The number of carboxylic acids is 1. The van der Waals surface area contributed by atoms with Gasteiger partial charge in [-0.25, -0.2) is 8.42 Å². The van der Waals surface area contributed by atoms with Crippen LogP contribution in [0.5, 0.6) is 0 Å². The molecule has 0 rings (SSSR count). The van der Waals surface area contributed by atoms with Gasteiger partial charge in [0.05, 0.1) is 5.75 Å². The molecule has 0 spiro atoms. The van der Waals surface area contributed by atoms with Crippen LogP contribution in [0.4, 0.5) is 0 Å². The highest BCUT2D eigenvalue weighted by Gasteiger charge is 2.16. The van der Waals surface area contributed by atoms with Crippen molar-refractivity contribution in [2.75, 3.05) is 32.1 Å². The first-order valence-electron chi connectivity index (χ1n) is 3.95. The third-order valence-electron chi connectivity index (χ3n) is 1.58. The summed E-state index contributed by atoms with van der Waals surface area (Å²) in [5, 5.41) is 7.48. The quantitative estimate of drug-likeness (QED) is 0.646. The molecular formula is C7H14ClNO4S. The van der Waals surface area contributed by atoms with Crippen molar-refractivity contribution < 1.29 is 18.3 Å². The maximum Gasteiger partial charge on any atom is 0.322 e. The van der Waals surface area contributed by atoms with Gasteiger partial charge < -0.3 is 10.0 Å². The molecule has 0 aliphatic heterocycles. The van der Waals surface area contributed by atoms with E-state index in [0.29, 0.717) is 0 Å². The monoisotopic (exact) mass is 243 g/mol.